The molecule has 0 saturated heterocycles. The molecule has 0 aliphatic carbocycles. The van der Waals surface area contributed by atoms with Gasteiger partial charge in [-0.25, -0.2) is 9.97 Å². The number of carbonyl (C=O) groups is 1. The number of fused-ring (bicyclic) bond motifs is 1. The maximum atomic E-state index is 12.8. The number of aryl methyl sites for hydroxylation is 3. The Morgan fingerprint density at radius 3 is 2.86 bits per heavy atom. The number of hydrogen-bond donors (Lipinski definition) is 1. The zero-order valence-corrected chi connectivity index (χ0v) is 16.5. The lowest BCUT2D eigenvalue weighted by Gasteiger charge is -2.09. The van der Waals surface area contributed by atoms with Crippen LogP contribution >= 0.6 is 11.8 Å². The third kappa shape index (κ3) is 3.63. The molecule has 0 saturated carbocycles. The fourth-order valence-corrected chi connectivity index (χ4v) is 3.99. The number of amides is 1. The molecule has 1 N–H and O–H groups in total. The van der Waals surface area contributed by atoms with Crippen LogP contribution in [0.4, 0.5) is 5.69 Å². The van der Waals surface area contributed by atoms with Gasteiger partial charge in [0, 0.05) is 30.1 Å². The van der Waals surface area contributed by atoms with Crippen LogP contribution in [0.15, 0.2) is 50.5 Å². The molecule has 28 heavy (non-hydrogen) atoms. The van der Waals surface area contributed by atoms with E-state index in [-0.39, 0.29) is 5.91 Å². The summed E-state index contributed by atoms with van der Waals surface area (Å²) in [6, 6.07) is 8.88. The van der Waals surface area contributed by atoms with E-state index in [1.54, 1.807) is 43.5 Å². The minimum absolute atomic E-state index is 0.228. The van der Waals surface area contributed by atoms with Gasteiger partial charge in [0.15, 0.2) is 11.5 Å². The SMILES string of the molecule is Cc1nc2cc(NC(=O)c3cccnc3SCc3c(C)noc3C)ccc2o1. The first-order valence-corrected chi connectivity index (χ1v) is 9.68. The van der Waals surface area contributed by atoms with Crippen LogP contribution in [0.1, 0.15) is 33.3 Å². The van der Waals surface area contributed by atoms with Gasteiger partial charge in [0.1, 0.15) is 16.3 Å². The average molecular weight is 394 g/mol. The normalized spacial score (nSPS) is 11.1. The highest BCUT2D eigenvalue weighted by Crippen LogP contribution is 2.28. The second kappa shape index (κ2) is 7.47. The number of benzene rings is 1. The van der Waals surface area contributed by atoms with Gasteiger partial charge in [-0.15, -0.1) is 11.8 Å². The second-order valence-corrected chi connectivity index (χ2v) is 7.28. The van der Waals surface area contributed by atoms with Gasteiger partial charge < -0.3 is 14.3 Å². The fraction of sp³-hybridized carbons (Fsp3) is 0.200. The number of carbonyl (C=O) groups excluding carboxylic acids is 1. The first-order chi connectivity index (χ1) is 13.5. The van der Waals surface area contributed by atoms with Gasteiger partial charge in [0.2, 0.25) is 0 Å². The van der Waals surface area contributed by atoms with E-state index >= 15 is 0 Å². The van der Waals surface area contributed by atoms with Crippen LogP contribution in [0.3, 0.4) is 0 Å². The number of pyridine rings is 1. The monoisotopic (exact) mass is 394 g/mol. The molecule has 3 aromatic heterocycles. The number of thioether (sulfide) groups is 1. The number of hydrogen-bond acceptors (Lipinski definition) is 7. The molecule has 0 radical (unpaired) electrons. The summed E-state index contributed by atoms with van der Waals surface area (Å²) in [5, 5.41) is 7.53. The van der Waals surface area contributed by atoms with Crippen molar-refractivity contribution < 1.29 is 13.7 Å². The van der Waals surface area contributed by atoms with Crippen molar-refractivity contribution in [2.75, 3.05) is 5.32 Å². The lowest BCUT2D eigenvalue weighted by atomic mass is 10.2. The number of oxazole rings is 1. The quantitative estimate of drug-likeness (QED) is 0.491. The summed E-state index contributed by atoms with van der Waals surface area (Å²) in [5.41, 5.74) is 4.42. The zero-order chi connectivity index (χ0) is 19.7. The summed E-state index contributed by atoms with van der Waals surface area (Å²) in [6.07, 6.45) is 1.68. The van der Waals surface area contributed by atoms with Crippen LogP contribution < -0.4 is 5.32 Å². The number of anilines is 1. The van der Waals surface area contributed by atoms with Crippen LogP contribution in [0.2, 0.25) is 0 Å². The Kier molecular flexibility index (Phi) is 4.87. The molecule has 4 rings (SSSR count). The number of rotatable bonds is 5. The molecule has 0 aliphatic heterocycles. The van der Waals surface area contributed by atoms with Gasteiger partial charge in [-0.3, -0.25) is 4.79 Å². The Bertz CT molecular complexity index is 1150. The summed E-state index contributed by atoms with van der Waals surface area (Å²) in [6.45, 7) is 5.57. The highest BCUT2D eigenvalue weighted by Gasteiger charge is 2.16. The van der Waals surface area contributed by atoms with E-state index in [9.17, 15) is 4.79 Å². The van der Waals surface area contributed by atoms with Crippen molar-refractivity contribution in [2.45, 2.75) is 31.6 Å². The van der Waals surface area contributed by atoms with Gasteiger partial charge in [0.05, 0.1) is 11.3 Å². The zero-order valence-electron chi connectivity index (χ0n) is 15.6. The van der Waals surface area contributed by atoms with Gasteiger partial charge in [-0.05, 0) is 44.2 Å². The standard InChI is InChI=1S/C20H18N4O3S/c1-11-16(12(2)27-24-11)10-28-20-15(5-4-8-21-20)19(25)23-14-6-7-18-17(9-14)22-13(3)26-18/h4-9H,10H2,1-3H3,(H,23,25). The number of nitrogens with one attached hydrogen (secondary N) is 1. The van der Waals surface area contributed by atoms with E-state index < -0.39 is 0 Å². The lowest BCUT2D eigenvalue weighted by molar-refractivity contribution is 0.102. The smallest absolute Gasteiger partial charge is 0.258 e. The van der Waals surface area contributed by atoms with Gasteiger partial charge >= 0.3 is 0 Å². The van der Waals surface area contributed by atoms with Crippen molar-refractivity contribution in [3.63, 3.8) is 0 Å². The Balaban J connectivity index is 1.53. The number of nitrogens with zero attached hydrogens (tertiary/aromatic N) is 3. The van der Waals surface area contributed by atoms with Crippen molar-refractivity contribution in [1.29, 1.82) is 0 Å². The molecule has 0 spiro atoms. The average Bonchev–Trinajstić information content (AvgIpc) is 3.20. The summed E-state index contributed by atoms with van der Waals surface area (Å²) >= 11 is 1.48. The maximum Gasteiger partial charge on any atom is 0.258 e. The van der Waals surface area contributed by atoms with Gasteiger partial charge in [-0.1, -0.05) is 5.16 Å². The van der Waals surface area contributed by atoms with Crippen LogP contribution in [-0.2, 0) is 5.75 Å². The molecule has 0 aliphatic rings. The van der Waals surface area contributed by atoms with Crippen molar-refractivity contribution in [3.8, 4) is 0 Å². The largest absolute Gasteiger partial charge is 0.441 e. The summed E-state index contributed by atoms with van der Waals surface area (Å²) < 4.78 is 10.7. The van der Waals surface area contributed by atoms with E-state index in [0.717, 1.165) is 17.0 Å². The first kappa shape index (κ1) is 18.2. The highest BCUT2D eigenvalue weighted by atomic mass is 32.2. The molecule has 3 heterocycles. The van der Waals surface area contributed by atoms with Crippen LogP contribution in [0, 0.1) is 20.8 Å². The van der Waals surface area contributed by atoms with Crippen molar-refractivity contribution in [3.05, 3.63) is 65.0 Å². The van der Waals surface area contributed by atoms with Crippen LogP contribution in [0.25, 0.3) is 11.1 Å². The summed E-state index contributed by atoms with van der Waals surface area (Å²) in [7, 11) is 0. The minimum atomic E-state index is -0.228. The Morgan fingerprint density at radius 2 is 2.07 bits per heavy atom. The molecule has 0 bridgehead atoms. The van der Waals surface area contributed by atoms with E-state index in [2.05, 4.69) is 20.4 Å². The van der Waals surface area contributed by atoms with Crippen molar-refractivity contribution >= 4 is 34.5 Å². The third-order valence-electron chi connectivity index (χ3n) is 4.30. The molecule has 0 fully saturated rings. The minimum Gasteiger partial charge on any atom is -0.441 e. The topological polar surface area (TPSA) is 94.1 Å². The first-order valence-electron chi connectivity index (χ1n) is 8.69. The summed E-state index contributed by atoms with van der Waals surface area (Å²) in [5.74, 6) is 1.77. The number of aromatic nitrogens is 3. The summed E-state index contributed by atoms with van der Waals surface area (Å²) in [4.78, 5) is 21.5. The third-order valence-corrected chi connectivity index (χ3v) is 5.33. The Hall–Kier alpha value is -3.13. The molecule has 0 atom stereocenters. The van der Waals surface area contributed by atoms with E-state index in [0.29, 0.717) is 39.0 Å². The van der Waals surface area contributed by atoms with Crippen molar-refractivity contribution in [2.24, 2.45) is 0 Å². The van der Waals surface area contributed by atoms with Crippen LogP contribution in [-0.4, -0.2) is 21.0 Å². The second-order valence-electron chi connectivity index (χ2n) is 6.32. The van der Waals surface area contributed by atoms with Crippen molar-refractivity contribution in [1.82, 2.24) is 15.1 Å². The van der Waals surface area contributed by atoms with Crippen LogP contribution in [0.5, 0.6) is 0 Å². The van der Waals surface area contributed by atoms with E-state index in [1.165, 1.54) is 11.8 Å². The predicted octanol–water partition coefficient (Wildman–Crippen LogP) is 4.68. The van der Waals surface area contributed by atoms with Gasteiger partial charge in [-0.2, -0.15) is 0 Å². The molecular weight excluding hydrogens is 376 g/mol. The molecule has 0 unspecified atom stereocenters. The predicted molar refractivity (Wildman–Crippen MR) is 106 cm³/mol. The Morgan fingerprint density at radius 1 is 1.21 bits per heavy atom. The molecule has 142 valence electrons. The molecule has 1 aromatic carbocycles. The molecule has 8 heteroatoms. The molecule has 1 amide bonds. The molecule has 7 nitrogen and oxygen atoms in total. The maximum absolute atomic E-state index is 12.8. The Labute approximate surface area is 165 Å². The fourth-order valence-electron chi connectivity index (χ4n) is 2.85. The molecule has 4 aromatic rings. The highest BCUT2D eigenvalue weighted by molar-refractivity contribution is 7.98. The molecular formula is C20H18N4O3S. The van der Waals surface area contributed by atoms with Gasteiger partial charge in [0.25, 0.3) is 5.91 Å². The van der Waals surface area contributed by atoms with E-state index in [1.807, 2.05) is 13.8 Å². The lowest BCUT2D eigenvalue weighted by Crippen LogP contribution is -2.13. The van der Waals surface area contributed by atoms with E-state index in [4.69, 9.17) is 8.94 Å².